The number of benzene rings is 3. The van der Waals surface area contributed by atoms with Crippen molar-refractivity contribution in [2.45, 2.75) is 17.9 Å². The van der Waals surface area contributed by atoms with Crippen LogP contribution in [0.3, 0.4) is 0 Å². The van der Waals surface area contributed by atoms with Crippen molar-refractivity contribution in [3.05, 3.63) is 102 Å². The first-order valence-corrected chi connectivity index (χ1v) is 13.9. The van der Waals surface area contributed by atoms with E-state index in [4.69, 9.17) is 4.74 Å². The number of rotatable bonds is 10. The molecule has 1 aromatic heterocycles. The molecule has 11 nitrogen and oxygen atoms in total. The van der Waals surface area contributed by atoms with E-state index in [9.17, 15) is 22.8 Å². The Morgan fingerprint density at radius 3 is 2.27 bits per heavy atom. The molecular weight excluding hydrogens is 546 g/mol. The third-order valence-corrected chi connectivity index (χ3v) is 8.03. The van der Waals surface area contributed by atoms with Crippen LogP contribution in [-0.4, -0.2) is 61.1 Å². The zero-order chi connectivity index (χ0) is 29.7. The number of anilines is 2. The maximum Gasteiger partial charge on any atom is 0.291 e. The molecule has 4 aromatic rings. The average molecular weight is 576 g/mol. The van der Waals surface area contributed by atoms with Crippen LogP contribution in [0.1, 0.15) is 32.6 Å². The number of para-hydroxylation sites is 1. The van der Waals surface area contributed by atoms with Gasteiger partial charge in [-0.3, -0.25) is 14.4 Å². The van der Waals surface area contributed by atoms with Crippen molar-refractivity contribution in [1.29, 1.82) is 0 Å². The van der Waals surface area contributed by atoms with Gasteiger partial charge in [0.25, 0.3) is 11.8 Å². The number of hydrogen-bond donors (Lipinski definition) is 2. The zero-order valence-corrected chi connectivity index (χ0v) is 23.7. The van der Waals surface area contributed by atoms with Crippen molar-refractivity contribution < 1.29 is 27.5 Å². The molecule has 12 heteroatoms. The topological polar surface area (TPSA) is 140 Å². The van der Waals surface area contributed by atoms with Gasteiger partial charge in [-0.1, -0.05) is 48.0 Å². The lowest BCUT2D eigenvalue weighted by molar-refractivity contribution is -0.118. The van der Waals surface area contributed by atoms with Gasteiger partial charge >= 0.3 is 0 Å². The second-order valence-corrected chi connectivity index (χ2v) is 11.4. The zero-order valence-electron chi connectivity index (χ0n) is 22.9. The molecule has 0 aliphatic heterocycles. The summed E-state index contributed by atoms with van der Waals surface area (Å²) in [5.74, 6) is -2.08. The first-order valence-electron chi connectivity index (χ1n) is 12.4. The van der Waals surface area contributed by atoms with Crippen LogP contribution in [0.15, 0.2) is 90.1 Å². The molecule has 1 heterocycles. The fourth-order valence-corrected chi connectivity index (χ4v) is 4.92. The van der Waals surface area contributed by atoms with Crippen LogP contribution in [0.5, 0.6) is 5.75 Å². The molecule has 1 atom stereocenters. The molecule has 2 amide bonds. The summed E-state index contributed by atoms with van der Waals surface area (Å²) in [6, 6.07) is 17.8. The number of amides is 2. The maximum absolute atomic E-state index is 13.8. The van der Waals surface area contributed by atoms with Crippen LogP contribution in [0.4, 0.5) is 11.4 Å². The number of aryl methyl sites for hydroxylation is 1. The summed E-state index contributed by atoms with van der Waals surface area (Å²) < 4.78 is 32.8. The van der Waals surface area contributed by atoms with Crippen LogP contribution in [0.2, 0.25) is 0 Å². The van der Waals surface area contributed by atoms with Gasteiger partial charge in [0.2, 0.25) is 10.0 Å². The minimum Gasteiger partial charge on any atom is -0.495 e. The number of hydrogen-bond acceptors (Lipinski definition) is 7. The number of sulfonamides is 1. The second-order valence-electron chi connectivity index (χ2n) is 9.25. The lowest BCUT2D eigenvalue weighted by Crippen LogP contribution is -2.35. The number of ether oxygens (including phenoxy) is 1. The Bertz CT molecular complexity index is 1680. The summed E-state index contributed by atoms with van der Waals surface area (Å²) >= 11 is 0. The minimum atomic E-state index is -3.77. The molecule has 0 aliphatic rings. The standard InChI is InChI=1S/C29H29N5O6S/c1-19-10-12-20(13-11-19)26(35)25(34-17-16-30-27(34)29(37)31-21-8-6-5-7-9-21)28(36)32-23-15-14-22(18-24(23)40-4)41(38,39)33(2)3/h5-18,25H,1-4H3,(H,31,37)(H,32,36). The van der Waals surface area contributed by atoms with Gasteiger partial charge in [-0.25, -0.2) is 17.7 Å². The Hall–Kier alpha value is -4.81. The average Bonchev–Trinajstić information content (AvgIpc) is 3.43. The number of carbonyl (C=O) groups excluding carboxylic acids is 3. The number of Topliss-reactive ketones (excluding diaryl/α,β-unsaturated/α-hetero) is 1. The highest BCUT2D eigenvalue weighted by molar-refractivity contribution is 7.89. The number of ketones is 1. The number of methoxy groups -OCH3 is 1. The highest BCUT2D eigenvalue weighted by atomic mass is 32.2. The highest BCUT2D eigenvalue weighted by Gasteiger charge is 2.33. The fourth-order valence-electron chi connectivity index (χ4n) is 4.00. The Morgan fingerprint density at radius 1 is 0.951 bits per heavy atom. The summed E-state index contributed by atoms with van der Waals surface area (Å²) in [4.78, 5) is 44.8. The molecule has 41 heavy (non-hydrogen) atoms. The van der Waals surface area contributed by atoms with Crippen molar-refractivity contribution in [3.63, 3.8) is 0 Å². The van der Waals surface area contributed by atoms with Crippen LogP contribution in [0, 0.1) is 6.92 Å². The van der Waals surface area contributed by atoms with Gasteiger partial charge < -0.3 is 19.9 Å². The third-order valence-electron chi connectivity index (χ3n) is 6.22. The maximum atomic E-state index is 13.8. The van der Waals surface area contributed by atoms with E-state index >= 15 is 0 Å². The SMILES string of the molecule is COc1cc(S(=O)(=O)N(C)C)ccc1NC(=O)C(C(=O)c1ccc(C)cc1)n1ccnc1C(=O)Nc1ccccc1. The smallest absolute Gasteiger partial charge is 0.291 e. The van der Waals surface area contributed by atoms with Gasteiger partial charge in [0.05, 0.1) is 17.7 Å². The van der Waals surface area contributed by atoms with Gasteiger partial charge in [-0.15, -0.1) is 0 Å². The van der Waals surface area contributed by atoms with Gasteiger partial charge in [0.1, 0.15) is 5.75 Å². The fraction of sp³-hybridized carbons (Fsp3) is 0.172. The summed E-state index contributed by atoms with van der Waals surface area (Å²) in [5.41, 5.74) is 1.81. The Morgan fingerprint density at radius 2 is 1.63 bits per heavy atom. The summed E-state index contributed by atoms with van der Waals surface area (Å²) in [6.45, 7) is 1.87. The lowest BCUT2D eigenvalue weighted by atomic mass is 10.0. The lowest BCUT2D eigenvalue weighted by Gasteiger charge is -2.21. The molecule has 212 valence electrons. The molecule has 4 rings (SSSR count). The first kappa shape index (κ1) is 29.2. The molecule has 1 unspecified atom stereocenters. The van der Waals surface area contributed by atoms with Gasteiger partial charge in [-0.2, -0.15) is 0 Å². The van der Waals surface area contributed by atoms with Crippen LogP contribution in [0.25, 0.3) is 0 Å². The van der Waals surface area contributed by atoms with Gasteiger partial charge in [-0.05, 0) is 31.2 Å². The summed E-state index contributed by atoms with van der Waals surface area (Å²) in [5, 5.41) is 5.38. The predicted octanol–water partition coefficient (Wildman–Crippen LogP) is 3.77. The van der Waals surface area contributed by atoms with E-state index in [-0.39, 0.29) is 27.7 Å². The second kappa shape index (κ2) is 12.1. The molecule has 0 fully saturated rings. The molecule has 2 N–H and O–H groups in total. The molecule has 0 spiro atoms. The van der Waals surface area contributed by atoms with Crippen molar-refractivity contribution in [3.8, 4) is 5.75 Å². The Labute approximate surface area is 237 Å². The molecule has 0 aliphatic carbocycles. The summed E-state index contributed by atoms with van der Waals surface area (Å²) in [6.07, 6.45) is 2.70. The van der Waals surface area contributed by atoms with Crippen LogP contribution in [-0.2, 0) is 14.8 Å². The number of nitrogens with one attached hydrogen (secondary N) is 2. The minimum absolute atomic E-state index is 0.0425. The van der Waals surface area contributed by atoms with Gasteiger partial charge in [0, 0.05) is 43.8 Å². The number of carbonyl (C=O) groups is 3. The Kier molecular flexibility index (Phi) is 8.65. The quantitative estimate of drug-likeness (QED) is 0.217. The monoisotopic (exact) mass is 575 g/mol. The molecule has 0 bridgehead atoms. The van der Waals surface area contributed by atoms with Crippen LogP contribution < -0.4 is 15.4 Å². The van der Waals surface area contributed by atoms with Crippen molar-refractivity contribution in [2.24, 2.45) is 0 Å². The molecule has 3 aromatic carbocycles. The first-order chi connectivity index (χ1) is 19.5. The van der Waals surface area contributed by atoms with E-state index in [1.54, 1.807) is 54.6 Å². The van der Waals surface area contributed by atoms with E-state index < -0.39 is 33.7 Å². The van der Waals surface area contributed by atoms with E-state index in [0.717, 1.165) is 9.87 Å². The van der Waals surface area contributed by atoms with Crippen molar-refractivity contribution in [2.75, 3.05) is 31.8 Å². The van der Waals surface area contributed by atoms with Crippen molar-refractivity contribution >= 4 is 39.0 Å². The van der Waals surface area contributed by atoms with E-state index in [1.807, 2.05) is 6.92 Å². The van der Waals surface area contributed by atoms with Crippen LogP contribution >= 0.6 is 0 Å². The normalized spacial score (nSPS) is 12.0. The van der Waals surface area contributed by atoms with Gasteiger partial charge in [0.15, 0.2) is 17.6 Å². The highest BCUT2D eigenvalue weighted by Crippen LogP contribution is 2.30. The van der Waals surface area contributed by atoms with E-state index in [2.05, 4.69) is 15.6 Å². The predicted molar refractivity (Wildman–Crippen MR) is 154 cm³/mol. The van der Waals surface area contributed by atoms with Crippen molar-refractivity contribution in [1.82, 2.24) is 13.9 Å². The Balaban J connectivity index is 1.73. The molecular formula is C29H29N5O6S. The number of aromatic nitrogens is 2. The van der Waals surface area contributed by atoms with E-state index in [0.29, 0.717) is 5.69 Å². The number of imidazole rings is 1. The van der Waals surface area contributed by atoms with E-state index in [1.165, 1.54) is 56.4 Å². The number of nitrogens with zero attached hydrogens (tertiary/aromatic N) is 3. The largest absolute Gasteiger partial charge is 0.495 e. The summed E-state index contributed by atoms with van der Waals surface area (Å²) in [7, 11) is 0.353. The third kappa shape index (κ3) is 6.34. The molecule has 0 saturated carbocycles. The molecule has 0 saturated heterocycles. The molecule has 0 radical (unpaired) electrons.